The summed E-state index contributed by atoms with van der Waals surface area (Å²) in [5.74, 6) is 5.30. The summed E-state index contributed by atoms with van der Waals surface area (Å²) >= 11 is 11.0. The summed E-state index contributed by atoms with van der Waals surface area (Å²) in [7, 11) is 0. The lowest BCUT2D eigenvalue weighted by Crippen LogP contribution is -2.29. The molecular weight excluding hydrogens is 339 g/mol. The number of hydrogen-bond donors (Lipinski definition) is 2. The summed E-state index contributed by atoms with van der Waals surface area (Å²) in [6.07, 6.45) is 0.637. The molecule has 0 saturated heterocycles. The third kappa shape index (κ3) is 3.10. The first-order valence-corrected chi connectivity index (χ1v) is 7.30. The van der Waals surface area contributed by atoms with Gasteiger partial charge in [0.15, 0.2) is 0 Å². The molecule has 1 unspecified atom stereocenters. The number of benzene rings is 1. The van der Waals surface area contributed by atoms with Crippen molar-refractivity contribution in [2.24, 2.45) is 5.84 Å². The monoisotopic (exact) mass is 348 g/mol. The third-order valence-electron chi connectivity index (χ3n) is 2.60. The maximum Gasteiger partial charge on any atom is 0.124 e. The highest BCUT2D eigenvalue weighted by atomic mass is 79.9. The molecule has 0 fully saturated rings. The first-order valence-electron chi connectivity index (χ1n) is 5.24. The van der Waals surface area contributed by atoms with Crippen molar-refractivity contribution >= 4 is 38.9 Å². The lowest BCUT2D eigenvalue weighted by Gasteiger charge is -2.16. The van der Waals surface area contributed by atoms with Crippen LogP contribution in [0.15, 0.2) is 34.1 Å². The fraction of sp³-hybridized carbons (Fsp3) is 0.167. The summed E-state index contributed by atoms with van der Waals surface area (Å²) < 4.78 is 13.7. The van der Waals surface area contributed by atoms with Gasteiger partial charge in [0.25, 0.3) is 0 Å². The van der Waals surface area contributed by atoms with Gasteiger partial charge in [-0.3, -0.25) is 11.3 Å². The van der Waals surface area contributed by atoms with Crippen LogP contribution in [-0.2, 0) is 6.42 Å². The van der Waals surface area contributed by atoms with Gasteiger partial charge in [-0.25, -0.2) is 4.39 Å². The molecule has 0 radical (unpaired) electrons. The predicted molar refractivity (Wildman–Crippen MR) is 77.2 cm³/mol. The van der Waals surface area contributed by atoms with Crippen LogP contribution in [0, 0.1) is 5.82 Å². The second kappa shape index (κ2) is 6.12. The molecule has 1 heterocycles. The molecule has 96 valence electrons. The van der Waals surface area contributed by atoms with E-state index in [0.29, 0.717) is 11.4 Å². The fourth-order valence-electron chi connectivity index (χ4n) is 1.69. The van der Waals surface area contributed by atoms with Crippen LogP contribution in [0.2, 0.25) is 5.02 Å². The quantitative estimate of drug-likeness (QED) is 0.645. The molecule has 2 nitrogen and oxygen atoms in total. The molecule has 1 aromatic carbocycles. The number of rotatable bonds is 4. The molecule has 6 heteroatoms. The van der Waals surface area contributed by atoms with Crippen LogP contribution in [0.1, 0.15) is 16.5 Å². The van der Waals surface area contributed by atoms with Gasteiger partial charge in [-0.1, -0.05) is 33.6 Å². The van der Waals surface area contributed by atoms with E-state index in [9.17, 15) is 4.39 Å². The van der Waals surface area contributed by atoms with Gasteiger partial charge in [0.1, 0.15) is 5.82 Å². The van der Waals surface area contributed by atoms with Gasteiger partial charge >= 0.3 is 0 Å². The topological polar surface area (TPSA) is 38.0 Å². The van der Waals surface area contributed by atoms with E-state index in [2.05, 4.69) is 21.4 Å². The number of thiophene rings is 1. The summed E-state index contributed by atoms with van der Waals surface area (Å²) in [6.45, 7) is 0. The van der Waals surface area contributed by atoms with Gasteiger partial charge < -0.3 is 0 Å². The minimum atomic E-state index is -0.267. The largest absolute Gasteiger partial charge is 0.271 e. The standard InChI is InChI=1S/C12H11BrClFN2S/c13-9-6-8(15)2-1-7(9)5-11(17-16)12-10(14)3-4-18-12/h1-4,6,11,17H,5,16H2. The average Bonchev–Trinajstić information content (AvgIpc) is 2.75. The summed E-state index contributed by atoms with van der Waals surface area (Å²) in [6, 6.07) is 6.37. The Kier molecular flexibility index (Phi) is 4.75. The Bertz CT molecular complexity index is 547. The van der Waals surface area contributed by atoms with Crippen molar-refractivity contribution in [1.29, 1.82) is 0 Å². The van der Waals surface area contributed by atoms with E-state index < -0.39 is 0 Å². The molecule has 3 N–H and O–H groups in total. The van der Waals surface area contributed by atoms with Crippen LogP contribution in [0.25, 0.3) is 0 Å². The minimum absolute atomic E-state index is 0.0840. The molecule has 0 saturated carbocycles. The van der Waals surface area contributed by atoms with E-state index in [1.54, 1.807) is 17.4 Å². The van der Waals surface area contributed by atoms with Crippen molar-refractivity contribution in [3.63, 3.8) is 0 Å². The molecule has 0 aliphatic carbocycles. The number of nitrogens with one attached hydrogen (secondary N) is 1. The van der Waals surface area contributed by atoms with Crippen LogP contribution < -0.4 is 11.3 Å². The van der Waals surface area contributed by atoms with Crippen molar-refractivity contribution in [2.45, 2.75) is 12.5 Å². The molecule has 1 atom stereocenters. The SMILES string of the molecule is NNC(Cc1ccc(F)cc1Br)c1sccc1Cl. The van der Waals surface area contributed by atoms with Crippen molar-refractivity contribution in [3.05, 3.63) is 55.4 Å². The van der Waals surface area contributed by atoms with Gasteiger partial charge in [-0.2, -0.15) is 0 Å². The zero-order valence-corrected chi connectivity index (χ0v) is 12.4. The van der Waals surface area contributed by atoms with E-state index in [1.165, 1.54) is 12.1 Å². The lowest BCUT2D eigenvalue weighted by atomic mass is 10.1. The van der Waals surface area contributed by atoms with Crippen molar-refractivity contribution in [3.8, 4) is 0 Å². The smallest absolute Gasteiger partial charge is 0.124 e. The number of hydrogen-bond acceptors (Lipinski definition) is 3. The molecule has 1 aromatic heterocycles. The maximum absolute atomic E-state index is 13.0. The molecular formula is C12H11BrClFN2S. The predicted octanol–water partition coefficient (Wildman–Crippen LogP) is 4.05. The van der Waals surface area contributed by atoms with Crippen LogP contribution in [0.4, 0.5) is 4.39 Å². The van der Waals surface area contributed by atoms with Gasteiger partial charge in [-0.15, -0.1) is 11.3 Å². The second-order valence-electron chi connectivity index (χ2n) is 3.79. The minimum Gasteiger partial charge on any atom is -0.271 e. The number of halogens is 3. The summed E-state index contributed by atoms with van der Waals surface area (Å²) in [5.41, 5.74) is 3.72. The third-order valence-corrected chi connectivity index (χ3v) is 4.81. The van der Waals surface area contributed by atoms with Crippen molar-refractivity contribution in [2.75, 3.05) is 0 Å². The Morgan fingerprint density at radius 1 is 1.44 bits per heavy atom. The Morgan fingerprint density at radius 3 is 2.78 bits per heavy atom. The van der Waals surface area contributed by atoms with Crippen molar-refractivity contribution < 1.29 is 4.39 Å². The first-order chi connectivity index (χ1) is 8.61. The first kappa shape index (κ1) is 14.0. The Balaban J connectivity index is 2.23. The van der Waals surface area contributed by atoms with Gasteiger partial charge in [0, 0.05) is 9.35 Å². The molecule has 0 spiro atoms. The highest BCUT2D eigenvalue weighted by Gasteiger charge is 2.16. The van der Waals surface area contributed by atoms with Crippen LogP contribution >= 0.6 is 38.9 Å². The molecule has 0 aliphatic rings. The average molecular weight is 350 g/mol. The number of nitrogens with two attached hydrogens (primary N) is 1. The second-order valence-corrected chi connectivity index (χ2v) is 6.00. The highest BCUT2D eigenvalue weighted by Crippen LogP contribution is 2.32. The fourth-order valence-corrected chi connectivity index (χ4v) is 3.45. The van der Waals surface area contributed by atoms with Crippen LogP contribution in [0.5, 0.6) is 0 Å². The Hall–Kier alpha value is -0.460. The molecule has 0 aliphatic heterocycles. The zero-order valence-electron chi connectivity index (χ0n) is 9.29. The van der Waals surface area contributed by atoms with E-state index in [1.807, 2.05) is 11.4 Å². The molecule has 18 heavy (non-hydrogen) atoms. The normalized spacial score (nSPS) is 12.7. The number of hydrazine groups is 1. The highest BCUT2D eigenvalue weighted by molar-refractivity contribution is 9.10. The van der Waals surface area contributed by atoms with Crippen molar-refractivity contribution in [1.82, 2.24) is 5.43 Å². The summed E-state index contributed by atoms with van der Waals surface area (Å²) in [5, 5.41) is 2.61. The van der Waals surface area contributed by atoms with E-state index in [4.69, 9.17) is 17.4 Å². The van der Waals surface area contributed by atoms with E-state index in [0.717, 1.165) is 14.9 Å². The van der Waals surface area contributed by atoms with E-state index >= 15 is 0 Å². The molecule has 0 bridgehead atoms. The molecule has 0 amide bonds. The lowest BCUT2D eigenvalue weighted by molar-refractivity contribution is 0.558. The van der Waals surface area contributed by atoms with Gasteiger partial charge in [-0.05, 0) is 35.6 Å². The molecule has 2 aromatic rings. The van der Waals surface area contributed by atoms with Gasteiger partial charge in [0.2, 0.25) is 0 Å². The van der Waals surface area contributed by atoms with Crippen LogP contribution in [-0.4, -0.2) is 0 Å². The molecule has 2 rings (SSSR count). The van der Waals surface area contributed by atoms with Crippen LogP contribution in [0.3, 0.4) is 0 Å². The maximum atomic E-state index is 13.0. The van der Waals surface area contributed by atoms with E-state index in [-0.39, 0.29) is 11.9 Å². The summed E-state index contributed by atoms with van der Waals surface area (Å²) in [4.78, 5) is 0.982. The Labute approximate surface area is 122 Å². The Morgan fingerprint density at radius 2 is 2.22 bits per heavy atom. The van der Waals surface area contributed by atoms with Gasteiger partial charge in [0.05, 0.1) is 11.1 Å². The zero-order chi connectivity index (χ0) is 13.1.